The van der Waals surface area contributed by atoms with Gasteiger partial charge in [0, 0.05) is 24.0 Å². The van der Waals surface area contributed by atoms with Gasteiger partial charge in [0.15, 0.2) is 11.5 Å². The number of hydrogen-bond acceptors (Lipinski definition) is 3. The molecule has 2 aromatic carbocycles. The fraction of sp³-hybridized carbons (Fsp3) is 0.333. The number of hydrogen-bond donors (Lipinski definition) is 1. The van der Waals surface area contributed by atoms with Crippen LogP contribution in [0.1, 0.15) is 12.5 Å². The van der Waals surface area contributed by atoms with E-state index in [4.69, 9.17) is 9.47 Å². The molecule has 0 radical (unpaired) electrons. The molecule has 0 saturated carbocycles. The summed E-state index contributed by atoms with van der Waals surface area (Å²) in [7, 11) is 0. The number of benzene rings is 2. The summed E-state index contributed by atoms with van der Waals surface area (Å²) in [6.45, 7) is 4.47. The normalized spacial score (nSPS) is 15.9. The van der Waals surface area contributed by atoms with Crippen molar-refractivity contribution in [2.45, 2.75) is 18.9 Å². The van der Waals surface area contributed by atoms with Crippen LogP contribution in [0, 0.1) is 0 Å². The maximum Gasteiger partial charge on any atom is 0.163 e. The van der Waals surface area contributed by atoms with E-state index in [1.165, 1.54) is 5.56 Å². The standard InChI is InChI=1S/C18H20BrNO2/c1-18(12-20-13-18)22-17-11-15(19)7-8-16(17)21-10-9-14-5-3-2-4-6-14/h2-8,11,20H,9-10,12-13H2,1H3. The molecule has 1 saturated heterocycles. The highest BCUT2D eigenvalue weighted by Gasteiger charge is 2.34. The summed E-state index contributed by atoms with van der Waals surface area (Å²) >= 11 is 3.50. The van der Waals surface area contributed by atoms with Crippen molar-refractivity contribution in [3.05, 3.63) is 58.6 Å². The lowest BCUT2D eigenvalue weighted by Gasteiger charge is -2.39. The van der Waals surface area contributed by atoms with Gasteiger partial charge in [0.2, 0.25) is 0 Å². The lowest BCUT2D eigenvalue weighted by molar-refractivity contribution is 0.0317. The van der Waals surface area contributed by atoms with Crippen molar-refractivity contribution in [2.24, 2.45) is 0 Å². The Hall–Kier alpha value is -1.52. The van der Waals surface area contributed by atoms with Crippen molar-refractivity contribution < 1.29 is 9.47 Å². The van der Waals surface area contributed by atoms with E-state index in [0.717, 1.165) is 35.5 Å². The van der Waals surface area contributed by atoms with Gasteiger partial charge in [-0.3, -0.25) is 0 Å². The summed E-state index contributed by atoms with van der Waals surface area (Å²) < 4.78 is 13.1. The number of ether oxygens (including phenoxy) is 2. The van der Waals surface area contributed by atoms with Crippen LogP contribution < -0.4 is 14.8 Å². The molecule has 0 bridgehead atoms. The molecule has 4 heteroatoms. The summed E-state index contributed by atoms with van der Waals surface area (Å²) in [5, 5.41) is 3.24. The fourth-order valence-electron chi connectivity index (χ4n) is 2.42. The number of rotatable bonds is 6. The third-order valence-corrected chi connectivity index (χ3v) is 4.24. The van der Waals surface area contributed by atoms with Crippen molar-refractivity contribution in [1.82, 2.24) is 5.32 Å². The van der Waals surface area contributed by atoms with Gasteiger partial charge in [-0.2, -0.15) is 0 Å². The average Bonchev–Trinajstić information content (AvgIpc) is 2.49. The third kappa shape index (κ3) is 3.81. The maximum atomic E-state index is 6.14. The van der Waals surface area contributed by atoms with Gasteiger partial charge in [-0.1, -0.05) is 46.3 Å². The molecule has 1 aliphatic heterocycles. The highest BCUT2D eigenvalue weighted by molar-refractivity contribution is 9.10. The van der Waals surface area contributed by atoms with Crippen LogP contribution in [0.15, 0.2) is 53.0 Å². The molecule has 3 rings (SSSR count). The predicted octanol–water partition coefficient (Wildman–Crippen LogP) is 3.81. The third-order valence-electron chi connectivity index (χ3n) is 3.75. The van der Waals surface area contributed by atoms with Gasteiger partial charge in [0.25, 0.3) is 0 Å². The van der Waals surface area contributed by atoms with Crippen LogP contribution in [0.5, 0.6) is 11.5 Å². The molecule has 1 fully saturated rings. The Morgan fingerprint density at radius 1 is 1.09 bits per heavy atom. The maximum absolute atomic E-state index is 6.14. The zero-order chi connectivity index (χ0) is 15.4. The quantitative estimate of drug-likeness (QED) is 0.848. The van der Waals surface area contributed by atoms with Crippen molar-refractivity contribution in [3.8, 4) is 11.5 Å². The van der Waals surface area contributed by atoms with E-state index in [1.54, 1.807) is 0 Å². The Labute approximate surface area is 139 Å². The average molecular weight is 362 g/mol. The van der Waals surface area contributed by atoms with Gasteiger partial charge in [0.05, 0.1) is 6.61 Å². The summed E-state index contributed by atoms with van der Waals surface area (Å²) in [6, 6.07) is 16.3. The van der Waals surface area contributed by atoms with Gasteiger partial charge in [-0.05, 0) is 30.7 Å². The molecule has 0 aliphatic carbocycles. The monoisotopic (exact) mass is 361 g/mol. The summed E-state index contributed by atoms with van der Waals surface area (Å²) in [5.74, 6) is 1.60. The molecule has 2 aromatic rings. The van der Waals surface area contributed by atoms with Crippen molar-refractivity contribution in [1.29, 1.82) is 0 Å². The first-order valence-electron chi connectivity index (χ1n) is 7.51. The molecule has 1 N–H and O–H groups in total. The van der Waals surface area contributed by atoms with Gasteiger partial charge >= 0.3 is 0 Å². The lowest BCUT2D eigenvalue weighted by Crippen LogP contribution is -2.61. The smallest absolute Gasteiger partial charge is 0.163 e. The lowest BCUT2D eigenvalue weighted by atomic mass is 10.00. The highest BCUT2D eigenvalue weighted by Crippen LogP contribution is 2.34. The van der Waals surface area contributed by atoms with Crippen molar-refractivity contribution in [2.75, 3.05) is 19.7 Å². The fourth-order valence-corrected chi connectivity index (χ4v) is 2.76. The molecule has 3 nitrogen and oxygen atoms in total. The van der Waals surface area contributed by atoms with E-state index >= 15 is 0 Å². The molecule has 1 heterocycles. The van der Waals surface area contributed by atoms with Crippen LogP contribution in [0.2, 0.25) is 0 Å². The van der Waals surface area contributed by atoms with E-state index in [-0.39, 0.29) is 5.60 Å². The van der Waals surface area contributed by atoms with Crippen LogP contribution in [-0.4, -0.2) is 25.3 Å². The molecule has 0 atom stereocenters. The molecule has 0 amide bonds. The molecule has 22 heavy (non-hydrogen) atoms. The van der Waals surface area contributed by atoms with E-state index in [2.05, 4.69) is 40.3 Å². The predicted molar refractivity (Wildman–Crippen MR) is 91.7 cm³/mol. The van der Waals surface area contributed by atoms with Gasteiger partial charge < -0.3 is 14.8 Å². The minimum absolute atomic E-state index is 0.141. The largest absolute Gasteiger partial charge is 0.489 e. The van der Waals surface area contributed by atoms with Gasteiger partial charge in [-0.25, -0.2) is 0 Å². The first kappa shape index (κ1) is 15.4. The second-order valence-corrected chi connectivity index (χ2v) is 6.75. The minimum Gasteiger partial charge on any atom is -0.489 e. The molecule has 0 spiro atoms. The Morgan fingerprint density at radius 3 is 2.55 bits per heavy atom. The highest BCUT2D eigenvalue weighted by atomic mass is 79.9. The topological polar surface area (TPSA) is 30.5 Å². The van der Waals surface area contributed by atoms with Crippen molar-refractivity contribution in [3.63, 3.8) is 0 Å². The van der Waals surface area contributed by atoms with E-state index in [9.17, 15) is 0 Å². The Balaban J connectivity index is 1.64. The van der Waals surface area contributed by atoms with Gasteiger partial charge in [0.1, 0.15) is 5.60 Å². The Bertz CT molecular complexity index is 626. The first-order chi connectivity index (χ1) is 10.6. The second-order valence-electron chi connectivity index (χ2n) is 5.83. The number of halogens is 1. The van der Waals surface area contributed by atoms with E-state index < -0.39 is 0 Å². The van der Waals surface area contributed by atoms with Crippen LogP contribution >= 0.6 is 15.9 Å². The van der Waals surface area contributed by atoms with Gasteiger partial charge in [-0.15, -0.1) is 0 Å². The summed E-state index contributed by atoms with van der Waals surface area (Å²) in [6.07, 6.45) is 0.884. The van der Waals surface area contributed by atoms with E-state index in [0.29, 0.717) is 6.61 Å². The van der Waals surface area contributed by atoms with Crippen LogP contribution in [0.4, 0.5) is 0 Å². The summed E-state index contributed by atoms with van der Waals surface area (Å²) in [4.78, 5) is 0. The Kier molecular flexibility index (Phi) is 4.69. The molecular weight excluding hydrogens is 342 g/mol. The number of nitrogens with one attached hydrogen (secondary N) is 1. The molecule has 0 unspecified atom stereocenters. The molecule has 1 aliphatic rings. The Morgan fingerprint density at radius 2 is 1.86 bits per heavy atom. The van der Waals surface area contributed by atoms with Crippen LogP contribution in [0.25, 0.3) is 0 Å². The zero-order valence-corrected chi connectivity index (χ0v) is 14.2. The zero-order valence-electron chi connectivity index (χ0n) is 12.6. The minimum atomic E-state index is -0.141. The first-order valence-corrected chi connectivity index (χ1v) is 8.30. The van der Waals surface area contributed by atoms with E-state index in [1.807, 2.05) is 36.4 Å². The SMILES string of the molecule is CC1(Oc2cc(Br)ccc2OCCc2ccccc2)CNC1. The summed E-state index contributed by atoms with van der Waals surface area (Å²) in [5.41, 5.74) is 1.13. The van der Waals surface area contributed by atoms with Crippen LogP contribution in [0.3, 0.4) is 0 Å². The van der Waals surface area contributed by atoms with Crippen molar-refractivity contribution >= 4 is 15.9 Å². The molecular formula is C18H20BrNO2. The van der Waals surface area contributed by atoms with Crippen LogP contribution in [-0.2, 0) is 6.42 Å². The second kappa shape index (κ2) is 6.71. The molecule has 116 valence electrons. The molecule has 0 aromatic heterocycles.